The number of pyridine rings is 2. The van der Waals surface area contributed by atoms with Gasteiger partial charge in [0.1, 0.15) is 5.75 Å². The second-order valence-corrected chi connectivity index (χ2v) is 8.14. The van der Waals surface area contributed by atoms with Crippen LogP contribution in [0.25, 0.3) is 16.6 Å². The lowest BCUT2D eigenvalue weighted by molar-refractivity contribution is -0.115. The molecule has 7 nitrogen and oxygen atoms in total. The highest BCUT2D eigenvalue weighted by Gasteiger charge is 2.20. The summed E-state index contributed by atoms with van der Waals surface area (Å²) in [7, 11) is 1.63. The molecule has 0 fully saturated rings. The fourth-order valence-corrected chi connectivity index (χ4v) is 4.07. The van der Waals surface area contributed by atoms with Gasteiger partial charge < -0.3 is 10.1 Å². The summed E-state index contributed by atoms with van der Waals surface area (Å²) in [6.45, 7) is 3.84. The van der Waals surface area contributed by atoms with Crippen molar-refractivity contribution in [3.63, 3.8) is 0 Å². The average molecular weight is 428 g/mol. The van der Waals surface area contributed by atoms with Crippen LogP contribution in [0, 0.1) is 6.92 Å². The maximum absolute atomic E-state index is 12.6. The number of fused-ring (bicyclic) bond motifs is 3. The maximum Gasteiger partial charge on any atom is 0.237 e. The number of ether oxygens (including phenoxy) is 1. The average Bonchev–Trinajstić information content (AvgIpc) is 3.11. The van der Waals surface area contributed by atoms with Gasteiger partial charge in [-0.1, -0.05) is 23.4 Å². The number of carbonyl (C=O) groups is 1. The molecule has 1 atom stereocenters. The summed E-state index contributed by atoms with van der Waals surface area (Å²) in [4.78, 5) is 16.6. The molecule has 0 spiro atoms. The topological polar surface area (TPSA) is 81.4 Å². The van der Waals surface area contributed by atoms with Crippen molar-refractivity contribution in [2.24, 2.45) is 0 Å². The highest BCUT2D eigenvalue weighted by atomic mass is 35.5. The Labute approximate surface area is 176 Å². The molecular formula is C20H18ClN5O2S. The third-order valence-corrected chi connectivity index (χ3v) is 5.89. The van der Waals surface area contributed by atoms with Crippen molar-refractivity contribution < 1.29 is 9.53 Å². The first-order chi connectivity index (χ1) is 14.0. The lowest BCUT2D eigenvalue weighted by Crippen LogP contribution is -2.23. The number of anilines is 1. The van der Waals surface area contributed by atoms with E-state index in [1.165, 1.54) is 11.8 Å². The molecular weight excluding hydrogens is 410 g/mol. The van der Waals surface area contributed by atoms with Crippen LogP contribution in [0.3, 0.4) is 0 Å². The Morgan fingerprint density at radius 3 is 2.86 bits per heavy atom. The van der Waals surface area contributed by atoms with E-state index in [0.717, 1.165) is 22.2 Å². The highest BCUT2D eigenvalue weighted by Crippen LogP contribution is 2.30. The first kappa shape index (κ1) is 19.5. The molecule has 1 amide bonds. The van der Waals surface area contributed by atoms with Gasteiger partial charge >= 0.3 is 0 Å². The van der Waals surface area contributed by atoms with Crippen molar-refractivity contribution >= 4 is 51.5 Å². The van der Waals surface area contributed by atoms with Crippen LogP contribution in [-0.2, 0) is 4.79 Å². The van der Waals surface area contributed by atoms with Crippen LogP contribution >= 0.6 is 23.4 Å². The molecule has 0 saturated carbocycles. The van der Waals surface area contributed by atoms with Crippen molar-refractivity contribution in [2.45, 2.75) is 24.3 Å². The molecule has 0 radical (unpaired) electrons. The predicted octanol–water partition coefficient (Wildman–Crippen LogP) is 4.37. The molecule has 29 heavy (non-hydrogen) atoms. The molecule has 3 aromatic heterocycles. The standard InChI is InChI=1S/C20H18ClN5O2S/c1-11-9-17-24-25-20(26(17)16-10-13(28-3)6-7-14(11)16)29-12(2)19(27)23-15-5-4-8-22-18(15)21/h4-10,12H,1-3H3,(H,23,27)/t12-/m0/s1. The second-order valence-electron chi connectivity index (χ2n) is 6.48. The summed E-state index contributed by atoms with van der Waals surface area (Å²) in [6, 6.07) is 11.3. The van der Waals surface area contributed by atoms with Crippen molar-refractivity contribution in [3.05, 3.63) is 53.3 Å². The van der Waals surface area contributed by atoms with Crippen LogP contribution in [0.15, 0.2) is 47.8 Å². The van der Waals surface area contributed by atoms with E-state index in [2.05, 4.69) is 20.5 Å². The third kappa shape index (κ3) is 3.73. The molecule has 0 saturated heterocycles. The third-order valence-electron chi connectivity index (χ3n) is 4.54. The smallest absolute Gasteiger partial charge is 0.237 e. The first-order valence-corrected chi connectivity index (χ1v) is 10.1. The molecule has 3 heterocycles. The van der Waals surface area contributed by atoms with Gasteiger partial charge in [0.05, 0.1) is 23.6 Å². The molecule has 1 aromatic carbocycles. The Morgan fingerprint density at radius 2 is 2.10 bits per heavy atom. The van der Waals surface area contributed by atoms with E-state index in [0.29, 0.717) is 16.5 Å². The number of thioether (sulfide) groups is 1. The molecule has 0 unspecified atom stereocenters. The molecule has 0 aliphatic heterocycles. The number of methoxy groups -OCH3 is 1. The van der Waals surface area contributed by atoms with E-state index >= 15 is 0 Å². The molecule has 0 aliphatic rings. The summed E-state index contributed by atoms with van der Waals surface area (Å²) in [5, 5.41) is 12.9. The molecule has 148 valence electrons. The molecule has 4 aromatic rings. The Balaban J connectivity index is 1.68. The van der Waals surface area contributed by atoms with Crippen molar-refractivity contribution in [1.29, 1.82) is 0 Å². The summed E-state index contributed by atoms with van der Waals surface area (Å²) in [5.74, 6) is 0.543. The molecule has 0 aliphatic carbocycles. The molecule has 9 heteroatoms. The van der Waals surface area contributed by atoms with Crippen LogP contribution in [0.1, 0.15) is 12.5 Å². The molecule has 0 bridgehead atoms. The van der Waals surface area contributed by atoms with Crippen LogP contribution in [-0.4, -0.2) is 37.8 Å². The van der Waals surface area contributed by atoms with E-state index in [1.54, 1.807) is 25.4 Å². The number of amides is 1. The van der Waals surface area contributed by atoms with E-state index < -0.39 is 5.25 Å². The SMILES string of the molecule is COc1ccc2c(C)cc3nnc(S[C@@H](C)C(=O)Nc4cccnc4Cl)n3c2c1. The largest absolute Gasteiger partial charge is 0.497 e. The van der Waals surface area contributed by atoms with Gasteiger partial charge in [-0.2, -0.15) is 0 Å². The number of nitrogens with zero attached hydrogens (tertiary/aromatic N) is 4. The van der Waals surface area contributed by atoms with E-state index in [9.17, 15) is 4.79 Å². The van der Waals surface area contributed by atoms with Crippen LogP contribution in [0.5, 0.6) is 5.75 Å². The van der Waals surface area contributed by atoms with Crippen LogP contribution in [0.2, 0.25) is 5.15 Å². The van der Waals surface area contributed by atoms with Crippen LogP contribution in [0.4, 0.5) is 5.69 Å². The van der Waals surface area contributed by atoms with Gasteiger partial charge in [0, 0.05) is 17.6 Å². The second kappa shape index (κ2) is 7.88. The summed E-state index contributed by atoms with van der Waals surface area (Å²) < 4.78 is 7.32. The fraction of sp³-hybridized carbons (Fsp3) is 0.200. The zero-order valence-electron chi connectivity index (χ0n) is 16.0. The number of benzene rings is 1. The van der Waals surface area contributed by atoms with E-state index in [-0.39, 0.29) is 11.1 Å². The zero-order chi connectivity index (χ0) is 20.5. The fourth-order valence-electron chi connectivity index (χ4n) is 3.03. The van der Waals surface area contributed by atoms with Gasteiger partial charge in [0.15, 0.2) is 16.0 Å². The zero-order valence-corrected chi connectivity index (χ0v) is 17.6. The number of nitrogens with one attached hydrogen (secondary N) is 1. The van der Waals surface area contributed by atoms with Crippen LogP contribution < -0.4 is 10.1 Å². The monoisotopic (exact) mass is 427 g/mol. The number of halogens is 1. The van der Waals surface area contributed by atoms with Gasteiger partial charge in [0.2, 0.25) is 5.91 Å². The van der Waals surface area contributed by atoms with Gasteiger partial charge in [-0.15, -0.1) is 10.2 Å². The highest BCUT2D eigenvalue weighted by molar-refractivity contribution is 8.00. The Bertz CT molecular complexity index is 1230. The van der Waals surface area contributed by atoms with Gasteiger partial charge in [-0.3, -0.25) is 9.20 Å². The summed E-state index contributed by atoms with van der Waals surface area (Å²) in [6.07, 6.45) is 1.57. The Kier molecular flexibility index (Phi) is 5.29. The number of aromatic nitrogens is 4. The van der Waals surface area contributed by atoms with Gasteiger partial charge in [0.25, 0.3) is 0 Å². The quantitative estimate of drug-likeness (QED) is 0.376. The Hall–Kier alpha value is -2.84. The lowest BCUT2D eigenvalue weighted by Gasteiger charge is -2.13. The van der Waals surface area contributed by atoms with Gasteiger partial charge in [-0.05, 0) is 49.7 Å². The number of aryl methyl sites for hydroxylation is 1. The number of hydrogen-bond acceptors (Lipinski definition) is 6. The number of rotatable bonds is 5. The van der Waals surface area contributed by atoms with E-state index in [4.69, 9.17) is 16.3 Å². The summed E-state index contributed by atoms with van der Waals surface area (Å²) >= 11 is 7.35. The normalized spacial score (nSPS) is 12.3. The maximum atomic E-state index is 12.6. The lowest BCUT2D eigenvalue weighted by atomic mass is 10.1. The summed E-state index contributed by atoms with van der Waals surface area (Å²) in [5.41, 5.74) is 3.21. The van der Waals surface area contributed by atoms with E-state index in [1.807, 2.05) is 42.5 Å². The minimum absolute atomic E-state index is 0.198. The number of hydrogen-bond donors (Lipinski definition) is 1. The molecule has 4 rings (SSSR count). The number of carbonyl (C=O) groups excluding carboxylic acids is 1. The van der Waals surface area contributed by atoms with Gasteiger partial charge in [-0.25, -0.2) is 4.98 Å². The molecule has 1 N–H and O–H groups in total. The van der Waals surface area contributed by atoms with Crippen molar-refractivity contribution in [2.75, 3.05) is 12.4 Å². The Morgan fingerprint density at radius 1 is 1.28 bits per heavy atom. The minimum atomic E-state index is -0.430. The predicted molar refractivity (Wildman–Crippen MR) is 115 cm³/mol. The van der Waals surface area contributed by atoms with Crippen molar-refractivity contribution in [1.82, 2.24) is 19.6 Å². The first-order valence-electron chi connectivity index (χ1n) is 8.88. The minimum Gasteiger partial charge on any atom is -0.497 e. The van der Waals surface area contributed by atoms with Crippen molar-refractivity contribution in [3.8, 4) is 5.75 Å².